The van der Waals surface area contributed by atoms with Crippen molar-refractivity contribution in [1.82, 2.24) is 5.32 Å². The van der Waals surface area contributed by atoms with Gasteiger partial charge in [0.2, 0.25) is 0 Å². The highest BCUT2D eigenvalue weighted by molar-refractivity contribution is 9.10. The number of halogens is 1. The molecule has 1 unspecified atom stereocenters. The molecular weight excluding hydrogens is 276 g/mol. The van der Waals surface area contributed by atoms with Crippen LogP contribution >= 0.6 is 15.9 Å². The Morgan fingerprint density at radius 3 is 2.76 bits per heavy atom. The molecule has 0 aliphatic carbocycles. The number of benzene rings is 1. The van der Waals surface area contributed by atoms with Crippen LogP contribution in [0.1, 0.15) is 45.1 Å². The van der Waals surface area contributed by atoms with Crippen molar-refractivity contribution >= 4 is 21.6 Å². The number of anilines is 1. The lowest BCUT2D eigenvalue weighted by molar-refractivity contribution is 0.487. The smallest absolute Gasteiger partial charge is 0.0461 e. The van der Waals surface area contributed by atoms with Gasteiger partial charge in [-0.1, -0.05) is 32.3 Å². The van der Waals surface area contributed by atoms with Gasteiger partial charge in [-0.15, -0.1) is 0 Å². The summed E-state index contributed by atoms with van der Waals surface area (Å²) in [6.45, 7) is 5.38. The summed E-state index contributed by atoms with van der Waals surface area (Å²) in [5.74, 6) is 0. The van der Waals surface area contributed by atoms with E-state index in [1.807, 2.05) is 12.1 Å². The SMILES string of the molecule is CCCCCC(C)NCc1ccc(Br)c(N)c1. The fraction of sp³-hybridized carbons (Fsp3) is 0.571. The van der Waals surface area contributed by atoms with E-state index in [0.717, 1.165) is 16.7 Å². The number of hydrogen-bond acceptors (Lipinski definition) is 2. The van der Waals surface area contributed by atoms with Crippen LogP contribution in [0, 0.1) is 0 Å². The maximum absolute atomic E-state index is 5.85. The Morgan fingerprint density at radius 2 is 2.12 bits per heavy atom. The zero-order valence-electron chi connectivity index (χ0n) is 10.8. The van der Waals surface area contributed by atoms with Gasteiger partial charge in [0.25, 0.3) is 0 Å². The van der Waals surface area contributed by atoms with Crippen molar-refractivity contribution in [2.24, 2.45) is 0 Å². The van der Waals surface area contributed by atoms with Crippen LogP contribution in [-0.4, -0.2) is 6.04 Å². The van der Waals surface area contributed by atoms with Crippen molar-refractivity contribution < 1.29 is 0 Å². The van der Waals surface area contributed by atoms with E-state index in [2.05, 4.69) is 41.2 Å². The van der Waals surface area contributed by atoms with Crippen LogP contribution in [-0.2, 0) is 6.54 Å². The molecule has 0 aliphatic rings. The highest BCUT2D eigenvalue weighted by atomic mass is 79.9. The lowest BCUT2D eigenvalue weighted by Crippen LogP contribution is -2.25. The summed E-state index contributed by atoms with van der Waals surface area (Å²) in [6.07, 6.45) is 5.18. The molecular formula is C14H23BrN2. The quantitative estimate of drug-likeness (QED) is 0.588. The zero-order valence-corrected chi connectivity index (χ0v) is 12.4. The molecule has 0 aliphatic heterocycles. The first-order valence-corrected chi connectivity index (χ1v) is 7.20. The second kappa shape index (κ2) is 7.72. The minimum atomic E-state index is 0.575. The first-order chi connectivity index (χ1) is 8.13. The second-order valence-corrected chi connectivity index (χ2v) is 5.49. The van der Waals surface area contributed by atoms with Crippen molar-refractivity contribution in [2.45, 2.75) is 52.1 Å². The third kappa shape index (κ3) is 5.55. The van der Waals surface area contributed by atoms with Crippen molar-refractivity contribution in [1.29, 1.82) is 0 Å². The van der Waals surface area contributed by atoms with Gasteiger partial charge in [-0.2, -0.15) is 0 Å². The fourth-order valence-electron chi connectivity index (χ4n) is 1.80. The van der Waals surface area contributed by atoms with Crippen LogP contribution in [0.2, 0.25) is 0 Å². The van der Waals surface area contributed by atoms with E-state index >= 15 is 0 Å². The fourth-order valence-corrected chi connectivity index (χ4v) is 2.04. The van der Waals surface area contributed by atoms with Crippen LogP contribution < -0.4 is 11.1 Å². The van der Waals surface area contributed by atoms with Crippen molar-refractivity contribution in [3.05, 3.63) is 28.2 Å². The van der Waals surface area contributed by atoms with Gasteiger partial charge in [-0.3, -0.25) is 0 Å². The number of nitrogen functional groups attached to an aromatic ring is 1. The van der Waals surface area contributed by atoms with E-state index in [1.165, 1.54) is 31.2 Å². The van der Waals surface area contributed by atoms with E-state index in [1.54, 1.807) is 0 Å². The Balaban J connectivity index is 2.31. The van der Waals surface area contributed by atoms with Gasteiger partial charge in [0.05, 0.1) is 0 Å². The average molecular weight is 299 g/mol. The normalized spacial score (nSPS) is 12.6. The zero-order chi connectivity index (χ0) is 12.7. The van der Waals surface area contributed by atoms with E-state index in [4.69, 9.17) is 5.73 Å². The highest BCUT2D eigenvalue weighted by Crippen LogP contribution is 2.20. The van der Waals surface area contributed by atoms with Crippen LogP contribution in [0.3, 0.4) is 0 Å². The summed E-state index contributed by atoms with van der Waals surface area (Å²) < 4.78 is 0.970. The molecule has 0 aromatic heterocycles. The van der Waals surface area contributed by atoms with Crippen LogP contribution in [0.25, 0.3) is 0 Å². The lowest BCUT2D eigenvalue weighted by Gasteiger charge is -2.14. The maximum Gasteiger partial charge on any atom is 0.0461 e. The Bertz CT molecular complexity index is 339. The molecule has 0 heterocycles. The van der Waals surface area contributed by atoms with Gasteiger partial charge in [0.1, 0.15) is 0 Å². The van der Waals surface area contributed by atoms with E-state index in [-0.39, 0.29) is 0 Å². The van der Waals surface area contributed by atoms with Gasteiger partial charge in [0.15, 0.2) is 0 Å². The molecule has 0 saturated heterocycles. The minimum absolute atomic E-state index is 0.575. The van der Waals surface area contributed by atoms with E-state index in [9.17, 15) is 0 Å². The monoisotopic (exact) mass is 298 g/mol. The van der Waals surface area contributed by atoms with Crippen molar-refractivity contribution in [2.75, 3.05) is 5.73 Å². The predicted molar refractivity (Wildman–Crippen MR) is 79.0 cm³/mol. The Hall–Kier alpha value is -0.540. The topological polar surface area (TPSA) is 38.0 Å². The van der Waals surface area contributed by atoms with Crippen LogP contribution in [0.4, 0.5) is 5.69 Å². The van der Waals surface area contributed by atoms with Crippen molar-refractivity contribution in [3.8, 4) is 0 Å². The van der Waals surface area contributed by atoms with Crippen LogP contribution in [0.5, 0.6) is 0 Å². The predicted octanol–water partition coefficient (Wildman–Crippen LogP) is 4.09. The second-order valence-electron chi connectivity index (χ2n) is 4.63. The Morgan fingerprint density at radius 1 is 1.35 bits per heavy atom. The maximum atomic E-state index is 5.85. The highest BCUT2D eigenvalue weighted by Gasteiger charge is 2.02. The summed E-state index contributed by atoms with van der Waals surface area (Å²) in [5.41, 5.74) is 7.90. The molecule has 0 fully saturated rings. The van der Waals surface area contributed by atoms with Gasteiger partial charge in [0, 0.05) is 22.7 Å². The van der Waals surface area contributed by atoms with Gasteiger partial charge in [-0.05, 0) is 47.0 Å². The molecule has 96 valence electrons. The molecule has 1 rings (SSSR count). The number of nitrogens with two attached hydrogens (primary N) is 1. The van der Waals surface area contributed by atoms with Crippen molar-refractivity contribution in [3.63, 3.8) is 0 Å². The molecule has 1 aromatic carbocycles. The van der Waals surface area contributed by atoms with E-state index < -0.39 is 0 Å². The van der Waals surface area contributed by atoms with Gasteiger partial charge in [-0.25, -0.2) is 0 Å². The lowest BCUT2D eigenvalue weighted by atomic mass is 10.1. The Kier molecular flexibility index (Phi) is 6.60. The first-order valence-electron chi connectivity index (χ1n) is 6.40. The standard InChI is InChI=1S/C14H23BrN2/c1-3-4-5-6-11(2)17-10-12-7-8-13(15)14(16)9-12/h7-9,11,17H,3-6,10,16H2,1-2H3. The number of hydrogen-bond donors (Lipinski definition) is 2. The molecule has 2 nitrogen and oxygen atoms in total. The largest absolute Gasteiger partial charge is 0.398 e. The molecule has 0 bridgehead atoms. The number of nitrogens with one attached hydrogen (secondary N) is 1. The molecule has 0 saturated carbocycles. The third-order valence-electron chi connectivity index (χ3n) is 2.96. The van der Waals surface area contributed by atoms with Gasteiger partial charge < -0.3 is 11.1 Å². The first kappa shape index (κ1) is 14.5. The molecule has 0 spiro atoms. The minimum Gasteiger partial charge on any atom is -0.398 e. The molecule has 1 atom stereocenters. The molecule has 3 heteroatoms. The molecule has 1 aromatic rings. The molecule has 0 radical (unpaired) electrons. The summed E-state index contributed by atoms with van der Waals surface area (Å²) in [5, 5.41) is 3.53. The molecule has 0 amide bonds. The average Bonchev–Trinajstić information content (AvgIpc) is 2.31. The van der Waals surface area contributed by atoms with E-state index in [0.29, 0.717) is 6.04 Å². The summed E-state index contributed by atoms with van der Waals surface area (Å²) in [6, 6.07) is 6.71. The molecule has 3 N–H and O–H groups in total. The molecule has 17 heavy (non-hydrogen) atoms. The number of rotatable bonds is 7. The number of unbranched alkanes of at least 4 members (excludes halogenated alkanes) is 2. The van der Waals surface area contributed by atoms with Gasteiger partial charge >= 0.3 is 0 Å². The van der Waals surface area contributed by atoms with Crippen LogP contribution in [0.15, 0.2) is 22.7 Å². The summed E-state index contributed by atoms with van der Waals surface area (Å²) in [7, 11) is 0. The summed E-state index contributed by atoms with van der Waals surface area (Å²) >= 11 is 3.41. The summed E-state index contributed by atoms with van der Waals surface area (Å²) in [4.78, 5) is 0. The third-order valence-corrected chi connectivity index (χ3v) is 3.68. The Labute approximate surface area is 113 Å².